The van der Waals surface area contributed by atoms with E-state index in [1.807, 2.05) is 36.4 Å². The summed E-state index contributed by atoms with van der Waals surface area (Å²) in [6.45, 7) is 0. The van der Waals surface area contributed by atoms with Crippen LogP contribution in [0.1, 0.15) is 16.7 Å². The second-order valence-electron chi connectivity index (χ2n) is 4.05. The molecule has 0 aliphatic carbocycles. The van der Waals surface area contributed by atoms with Crippen LogP contribution in [-0.4, -0.2) is 0 Å². The van der Waals surface area contributed by atoms with Gasteiger partial charge >= 0.3 is 0 Å². The molecule has 0 spiro atoms. The average molecular weight is 358 g/mol. The lowest BCUT2D eigenvalue weighted by Crippen LogP contribution is -2.27. The van der Waals surface area contributed by atoms with Crippen LogP contribution in [0.4, 0.5) is 0 Å². The van der Waals surface area contributed by atoms with Gasteiger partial charge in [-0.3, -0.25) is 5.84 Å². The minimum absolute atomic E-state index is 0.181. The van der Waals surface area contributed by atoms with Crippen LogP contribution in [0.2, 0.25) is 5.02 Å². The Bertz CT molecular complexity index is 724. The van der Waals surface area contributed by atoms with Gasteiger partial charge in [0.15, 0.2) is 5.58 Å². The van der Waals surface area contributed by atoms with Crippen molar-refractivity contribution in [3.05, 3.63) is 55.8 Å². The lowest BCUT2D eigenvalue weighted by Gasteiger charge is -2.10. The highest BCUT2D eigenvalue weighted by Gasteiger charge is 2.19. The SMILES string of the molecule is NNC(c1cc2cccc(Cl)c2o1)c1ccc(Br)s1. The third kappa shape index (κ3) is 2.44. The maximum atomic E-state index is 6.12. The number of rotatable bonds is 3. The molecule has 19 heavy (non-hydrogen) atoms. The van der Waals surface area contributed by atoms with Gasteiger partial charge in [0.1, 0.15) is 11.8 Å². The fourth-order valence-electron chi connectivity index (χ4n) is 1.98. The fraction of sp³-hybridized carbons (Fsp3) is 0.0769. The van der Waals surface area contributed by atoms with Gasteiger partial charge in [-0.2, -0.15) is 0 Å². The maximum absolute atomic E-state index is 6.12. The molecule has 0 fully saturated rings. The van der Waals surface area contributed by atoms with Crippen LogP contribution in [0, 0.1) is 0 Å². The lowest BCUT2D eigenvalue weighted by atomic mass is 10.2. The number of hydrogen-bond donors (Lipinski definition) is 2. The monoisotopic (exact) mass is 356 g/mol. The van der Waals surface area contributed by atoms with Gasteiger partial charge in [0.2, 0.25) is 0 Å². The van der Waals surface area contributed by atoms with Crippen LogP contribution in [0.3, 0.4) is 0 Å². The van der Waals surface area contributed by atoms with Crippen LogP contribution in [0.5, 0.6) is 0 Å². The largest absolute Gasteiger partial charge is 0.457 e. The van der Waals surface area contributed by atoms with E-state index >= 15 is 0 Å². The predicted octanol–water partition coefficient (Wildman–Crippen LogP) is 4.46. The normalized spacial score (nSPS) is 13.0. The molecule has 3 N–H and O–H groups in total. The molecule has 0 aliphatic rings. The van der Waals surface area contributed by atoms with Crippen molar-refractivity contribution in [1.82, 2.24) is 5.43 Å². The number of hydrogen-bond acceptors (Lipinski definition) is 4. The van der Waals surface area contributed by atoms with Gasteiger partial charge < -0.3 is 4.42 Å². The molecule has 2 heterocycles. The van der Waals surface area contributed by atoms with E-state index in [0.29, 0.717) is 10.6 Å². The van der Waals surface area contributed by atoms with Crippen molar-refractivity contribution in [3.63, 3.8) is 0 Å². The minimum Gasteiger partial charge on any atom is -0.457 e. The molecular weight excluding hydrogens is 348 g/mol. The van der Waals surface area contributed by atoms with E-state index in [-0.39, 0.29) is 6.04 Å². The van der Waals surface area contributed by atoms with E-state index in [1.54, 1.807) is 11.3 Å². The van der Waals surface area contributed by atoms with E-state index in [2.05, 4.69) is 21.4 Å². The summed E-state index contributed by atoms with van der Waals surface area (Å²) in [7, 11) is 0. The van der Waals surface area contributed by atoms with E-state index in [9.17, 15) is 0 Å². The number of halogens is 2. The van der Waals surface area contributed by atoms with Crippen LogP contribution in [0.25, 0.3) is 11.0 Å². The summed E-state index contributed by atoms with van der Waals surface area (Å²) in [4.78, 5) is 1.07. The number of hydrazine groups is 1. The van der Waals surface area contributed by atoms with Gasteiger partial charge in [-0.15, -0.1) is 11.3 Å². The fourth-order valence-corrected chi connectivity index (χ4v) is 3.69. The van der Waals surface area contributed by atoms with Crippen molar-refractivity contribution < 1.29 is 4.42 Å². The van der Waals surface area contributed by atoms with Gasteiger partial charge in [-0.25, -0.2) is 5.43 Å². The zero-order chi connectivity index (χ0) is 13.4. The zero-order valence-corrected chi connectivity index (χ0v) is 12.8. The molecule has 0 radical (unpaired) electrons. The molecule has 0 amide bonds. The first-order valence-corrected chi connectivity index (χ1v) is 7.57. The number of fused-ring (bicyclic) bond motifs is 1. The Balaban J connectivity index is 2.09. The number of nitrogens with one attached hydrogen (secondary N) is 1. The Labute approximate surface area is 127 Å². The van der Waals surface area contributed by atoms with Crippen molar-refractivity contribution >= 4 is 49.8 Å². The summed E-state index contributed by atoms with van der Waals surface area (Å²) < 4.78 is 6.89. The first kappa shape index (κ1) is 13.1. The summed E-state index contributed by atoms with van der Waals surface area (Å²) in [5.74, 6) is 6.40. The van der Waals surface area contributed by atoms with Gasteiger partial charge in [0.05, 0.1) is 8.81 Å². The molecule has 0 bridgehead atoms. The summed E-state index contributed by atoms with van der Waals surface area (Å²) in [5, 5.41) is 1.57. The third-order valence-corrected chi connectivity index (χ3v) is 4.83. The van der Waals surface area contributed by atoms with Crippen molar-refractivity contribution in [2.24, 2.45) is 5.84 Å². The van der Waals surface area contributed by atoms with Crippen LogP contribution >= 0.6 is 38.9 Å². The van der Waals surface area contributed by atoms with Crippen molar-refractivity contribution in [2.45, 2.75) is 6.04 Å². The molecular formula is C13H10BrClN2OS. The molecule has 1 unspecified atom stereocenters. The Morgan fingerprint density at radius 3 is 2.79 bits per heavy atom. The third-order valence-electron chi connectivity index (χ3n) is 2.84. The van der Waals surface area contributed by atoms with Crippen molar-refractivity contribution in [3.8, 4) is 0 Å². The Hall–Kier alpha value is -0.850. The highest BCUT2D eigenvalue weighted by atomic mass is 79.9. The first-order chi connectivity index (χ1) is 9.19. The molecule has 6 heteroatoms. The number of para-hydroxylation sites is 1. The van der Waals surface area contributed by atoms with Gasteiger partial charge in [0.25, 0.3) is 0 Å². The van der Waals surface area contributed by atoms with Crippen LogP contribution in [-0.2, 0) is 0 Å². The van der Waals surface area contributed by atoms with Gasteiger partial charge in [-0.05, 0) is 40.2 Å². The second-order valence-corrected chi connectivity index (χ2v) is 6.95. The average Bonchev–Trinajstić information content (AvgIpc) is 2.98. The highest BCUT2D eigenvalue weighted by Crippen LogP contribution is 2.35. The standard InChI is InChI=1S/C13H10BrClN2OS/c14-11-5-4-10(19-11)12(17-16)9-6-7-2-1-3-8(15)13(7)18-9/h1-6,12,17H,16H2. The topological polar surface area (TPSA) is 51.2 Å². The molecule has 3 rings (SSSR count). The smallest absolute Gasteiger partial charge is 0.152 e. The summed E-state index contributed by atoms with van der Waals surface area (Å²) in [6.07, 6.45) is 0. The van der Waals surface area contributed by atoms with E-state index in [4.69, 9.17) is 21.9 Å². The van der Waals surface area contributed by atoms with Crippen LogP contribution < -0.4 is 11.3 Å². The first-order valence-electron chi connectivity index (χ1n) is 5.58. The maximum Gasteiger partial charge on any atom is 0.152 e. The van der Waals surface area contributed by atoms with Crippen molar-refractivity contribution in [1.29, 1.82) is 0 Å². The number of benzene rings is 1. The lowest BCUT2D eigenvalue weighted by molar-refractivity contribution is 0.481. The quantitative estimate of drug-likeness (QED) is 0.537. The molecule has 2 aromatic heterocycles. The molecule has 1 atom stereocenters. The second kappa shape index (κ2) is 5.26. The summed E-state index contributed by atoms with van der Waals surface area (Å²) in [5.41, 5.74) is 3.47. The Morgan fingerprint density at radius 1 is 1.32 bits per heavy atom. The molecule has 0 aliphatic heterocycles. The number of nitrogens with two attached hydrogens (primary N) is 1. The summed E-state index contributed by atoms with van der Waals surface area (Å²) in [6, 6.07) is 11.4. The molecule has 0 saturated heterocycles. The summed E-state index contributed by atoms with van der Waals surface area (Å²) >= 11 is 11.2. The number of thiophene rings is 1. The van der Waals surface area contributed by atoms with Gasteiger partial charge in [-0.1, -0.05) is 23.7 Å². The Morgan fingerprint density at radius 2 is 2.16 bits per heavy atom. The van der Waals surface area contributed by atoms with E-state index in [1.165, 1.54) is 0 Å². The number of furan rings is 1. The van der Waals surface area contributed by atoms with E-state index < -0.39 is 0 Å². The zero-order valence-electron chi connectivity index (χ0n) is 9.69. The van der Waals surface area contributed by atoms with E-state index in [0.717, 1.165) is 19.8 Å². The van der Waals surface area contributed by atoms with Gasteiger partial charge in [0, 0.05) is 10.3 Å². The Kier molecular flexibility index (Phi) is 3.64. The minimum atomic E-state index is -0.181. The molecule has 1 aromatic carbocycles. The highest BCUT2D eigenvalue weighted by molar-refractivity contribution is 9.11. The molecule has 3 nitrogen and oxygen atoms in total. The van der Waals surface area contributed by atoms with Crippen LogP contribution in [0.15, 0.2) is 44.6 Å². The predicted molar refractivity (Wildman–Crippen MR) is 82.4 cm³/mol. The molecule has 0 saturated carbocycles. The molecule has 3 aromatic rings. The van der Waals surface area contributed by atoms with Crippen molar-refractivity contribution in [2.75, 3.05) is 0 Å². The molecule has 98 valence electrons.